The molecule has 0 aromatic heterocycles. The van der Waals surface area contributed by atoms with Crippen LogP contribution in [-0.2, 0) is 15.3 Å². The van der Waals surface area contributed by atoms with Crippen molar-refractivity contribution < 1.29 is 14.7 Å². The van der Waals surface area contributed by atoms with Gasteiger partial charge in [-0.2, -0.15) is 0 Å². The van der Waals surface area contributed by atoms with Crippen molar-refractivity contribution in [3.63, 3.8) is 0 Å². The van der Waals surface area contributed by atoms with E-state index in [9.17, 15) is 9.59 Å². The van der Waals surface area contributed by atoms with E-state index < -0.39 is 12.0 Å². The molecule has 1 rings (SSSR count). The fourth-order valence-corrected chi connectivity index (χ4v) is 2.50. The highest BCUT2D eigenvalue weighted by Crippen LogP contribution is 2.15. The fourth-order valence-electron chi connectivity index (χ4n) is 1.57. The molecule has 0 aliphatic heterocycles. The highest BCUT2D eigenvalue weighted by molar-refractivity contribution is 7.99. The van der Waals surface area contributed by atoms with Crippen LogP contribution in [0.5, 0.6) is 0 Å². The first-order valence-corrected chi connectivity index (χ1v) is 7.77. The minimum Gasteiger partial charge on any atom is -0.480 e. The van der Waals surface area contributed by atoms with Gasteiger partial charge in [-0.3, -0.25) is 4.79 Å². The average molecular weight is 316 g/mol. The van der Waals surface area contributed by atoms with Crippen molar-refractivity contribution in [1.29, 1.82) is 0 Å². The maximum absolute atomic E-state index is 11.7. The molecule has 0 saturated heterocycles. The van der Waals surface area contributed by atoms with Crippen molar-refractivity contribution in [2.24, 2.45) is 5.92 Å². The van der Waals surface area contributed by atoms with Gasteiger partial charge in [0.25, 0.3) is 0 Å². The molecule has 0 heterocycles. The smallest absolute Gasteiger partial charge is 0.326 e. The summed E-state index contributed by atoms with van der Waals surface area (Å²) in [6.45, 7) is 3.53. The molecule has 0 aliphatic rings. The number of amides is 1. The Hall–Kier alpha value is -1.20. The largest absolute Gasteiger partial charge is 0.480 e. The first-order chi connectivity index (χ1) is 9.40. The molecule has 1 aromatic carbocycles. The molecular formula is C14H18ClNO3S. The minimum atomic E-state index is -1.00. The molecule has 4 nitrogen and oxygen atoms in total. The highest BCUT2D eigenvalue weighted by atomic mass is 35.5. The molecule has 0 aliphatic carbocycles. The molecule has 110 valence electrons. The standard InChI is InChI=1S/C14H18ClNO3S/c1-9(2)13(14(18)19)16-12(17)8-20-7-10-3-5-11(15)6-4-10/h3-6,9,13H,7-8H2,1-2H3,(H,16,17)(H,18,19)/t13-/m1/s1. The van der Waals surface area contributed by atoms with Gasteiger partial charge in [-0.25, -0.2) is 4.79 Å². The lowest BCUT2D eigenvalue weighted by Crippen LogP contribution is -2.45. The molecule has 0 bridgehead atoms. The third-order valence-electron chi connectivity index (χ3n) is 2.66. The SMILES string of the molecule is CC(C)[C@@H](NC(=O)CSCc1ccc(Cl)cc1)C(=O)O. The number of carboxylic acids is 1. The van der Waals surface area contributed by atoms with Crippen LogP contribution in [0.2, 0.25) is 5.02 Å². The molecule has 0 saturated carbocycles. The van der Waals surface area contributed by atoms with Crippen molar-refractivity contribution >= 4 is 35.2 Å². The van der Waals surface area contributed by atoms with Crippen molar-refractivity contribution in [3.8, 4) is 0 Å². The Bertz CT molecular complexity index is 462. The Morgan fingerprint density at radius 3 is 2.40 bits per heavy atom. The molecule has 0 unspecified atom stereocenters. The van der Waals surface area contributed by atoms with Crippen molar-refractivity contribution in [1.82, 2.24) is 5.32 Å². The first-order valence-electron chi connectivity index (χ1n) is 6.24. The van der Waals surface area contributed by atoms with Crippen LogP contribution in [0.25, 0.3) is 0 Å². The molecule has 20 heavy (non-hydrogen) atoms. The average Bonchev–Trinajstić information content (AvgIpc) is 2.37. The topological polar surface area (TPSA) is 66.4 Å². The van der Waals surface area contributed by atoms with E-state index in [1.807, 2.05) is 12.1 Å². The zero-order valence-corrected chi connectivity index (χ0v) is 13.0. The van der Waals surface area contributed by atoms with Gasteiger partial charge in [0.05, 0.1) is 5.75 Å². The number of halogens is 1. The van der Waals surface area contributed by atoms with Crippen LogP contribution in [0.1, 0.15) is 19.4 Å². The van der Waals surface area contributed by atoms with Crippen LogP contribution in [0.4, 0.5) is 0 Å². The van der Waals surface area contributed by atoms with Crippen LogP contribution in [0.15, 0.2) is 24.3 Å². The number of aliphatic carboxylic acids is 1. The zero-order chi connectivity index (χ0) is 15.1. The fraction of sp³-hybridized carbons (Fsp3) is 0.429. The van der Waals surface area contributed by atoms with E-state index in [0.29, 0.717) is 10.8 Å². The quantitative estimate of drug-likeness (QED) is 0.812. The molecule has 1 atom stereocenters. The Labute approximate surface area is 127 Å². The number of benzene rings is 1. The van der Waals surface area contributed by atoms with Crippen molar-refractivity contribution in [2.75, 3.05) is 5.75 Å². The van der Waals surface area contributed by atoms with Crippen LogP contribution in [0, 0.1) is 5.92 Å². The number of hydrogen-bond acceptors (Lipinski definition) is 3. The summed E-state index contributed by atoms with van der Waals surface area (Å²) in [5, 5.41) is 12.2. The number of carboxylic acid groups (broad SMARTS) is 1. The normalized spacial score (nSPS) is 12.2. The molecule has 1 amide bonds. The van der Waals surface area contributed by atoms with E-state index in [1.54, 1.807) is 26.0 Å². The minimum absolute atomic E-state index is 0.141. The number of carbonyl (C=O) groups excluding carboxylic acids is 1. The van der Waals surface area contributed by atoms with Gasteiger partial charge >= 0.3 is 5.97 Å². The molecule has 1 aromatic rings. The summed E-state index contributed by atoms with van der Waals surface area (Å²) in [6.07, 6.45) is 0. The molecule has 0 fully saturated rings. The number of carbonyl (C=O) groups is 2. The maximum Gasteiger partial charge on any atom is 0.326 e. The lowest BCUT2D eigenvalue weighted by molar-refractivity contribution is -0.142. The van der Waals surface area contributed by atoms with Gasteiger partial charge in [-0.15, -0.1) is 11.8 Å². The second-order valence-corrected chi connectivity index (χ2v) is 6.17. The summed E-state index contributed by atoms with van der Waals surface area (Å²) in [5.41, 5.74) is 1.07. The van der Waals surface area contributed by atoms with Crippen LogP contribution in [0.3, 0.4) is 0 Å². The maximum atomic E-state index is 11.7. The summed E-state index contributed by atoms with van der Waals surface area (Å²) in [6, 6.07) is 6.58. The Kier molecular flexibility index (Phi) is 6.88. The van der Waals surface area contributed by atoms with Gasteiger partial charge in [0.15, 0.2) is 0 Å². The predicted octanol–water partition coefficient (Wildman–Crippen LogP) is 2.80. The lowest BCUT2D eigenvalue weighted by atomic mass is 10.1. The van der Waals surface area contributed by atoms with Gasteiger partial charge in [-0.05, 0) is 23.6 Å². The van der Waals surface area contributed by atoms with Crippen LogP contribution < -0.4 is 5.32 Å². The highest BCUT2D eigenvalue weighted by Gasteiger charge is 2.22. The van der Waals surface area contributed by atoms with Gasteiger partial charge in [0, 0.05) is 10.8 Å². The lowest BCUT2D eigenvalue weighted by Gasteiger charge is -2.17. The Balaban J connectivity index is 2.36. The summed E-state index contributed by atoms with van der Waals surface area (Å²) >= 11 is 7.22. The summed E-state index contributed by atoms with van der Waals surface area (Å²) < 4.78 is 0. The second-order valence-electron chi connectivity index (χ2n) is 4.75. The van der Waals surface area contributed by atoms with E-state index in [4.69, 9.17) is 16.7 Å². The van der Waals surface area contributed by atoms with E-state index in [0.717, 1.165) is 5.56 Å². The number of nitrogens with one attached hydrogen (secondary N) is 1. The van der Waals surface area contributed by atoms with E-state index in [2.05, 4.69) is 5.32 Å². The third kappa shape index (κ3) is 5.84. The monoisotopic (exact) mass is 315 g/mol. The number of thioether (sulfide) groups is 1. The number of rotatable bonds is 7. The summed E-state index contributed by atoms with van der Waals surface area (Å²) in [4.78, 5) is 22.7. The molecule has 0 spiro atoms. The molecule has 2 N–H and O–H groups in total. The van der Waals surface area contributed by atoms with Crippen LogP contribution >= 0.6 is 23.4 Å². The Morgan fingerprint density at radius 1 is 1.30 bits per heavy atom. The zero-order valence-electron chi connectivity index (χ0n) is 11.4. The van der Waals surface area contributed by atoms with Crippen molar-refractivity contribution in [2.45, 2.75) is 25.6 Å². The molecular weight excluding hydrogens is 298 g/mol. The van der Waals surface area contributed by atoms with Crippen molar-refractivity contribution in [3.05, 3.63) is 34.9 Å². The van der Waals surface area contributed by atoms with E-state index >= 15 is 0 Å². The van der Waals surface area contributed by atoms with Gasteiger partial charge in [0.1, 0.15) is 6.04 Å². The van der Waals surface area contributed by atoms with Crippen LogP contribution in [-0.4, -0.2) is 28.8 Å². The predicted molar refractivity (Wildman–Crippen MR) is 82.0 cm³/mol. The molecule has 6 heteroatoms. The molecule has 0 radical (unpaired) electrons. The van der Waals surface area contributed by atoms with E-state index in [-0.39, 0.29) is 17.6 Å². The summed E-state index contributed by atoms with van der Waals surface area (Å²) in [7, 11) is 0. The first kappa shape index (κ1) is 16.9. The third-order valence-corrected chi connectivity index (χ3v) is 3.92. The van der Waals surface area contributed by atoms with Gasteiger partial charge in [0.2, 0.25) is 5.91 Å². The van der Waals surface area contributed by atoms with Gasteiger partial charge < -0.3 is 10.4 Å². The van der Waals surface area contributed by atoms with Gasteiger partial charge in [-0.1, -0.05) is 37.6 Å². The second kappa shape index (κ2) is 8.17. The summed E-state index contributed by atoms with van der Waals surface area (Å²) in [5.74, 6) is -0.484. The Morgan fingerprint density at radius 2 is 1.90 bits per heavy atom. The van der Waals surface area contributed by atoms with E-state index in [1.165, 1.54) is 11.8 Å². The number of hydrogen-bond donors (Lipinski definition) is 2.